The highest BCUT2D eigenvalue weighted by Crippen LogP contribution is 2.57. The number of benzene rings is 2. The standard InChI is InChI=1S/C33H40N2O5/c1-21(2)27-18-28-33(32(38)39-3,30(40-27)23-13-14-23)19-25(17-29(36)34-15-6-7-16-34)31(37)35(28)20-24-11-8-10-22-9-4-5-12-26(22)24/h4-5,8-12,18,21,23,25,27,30H,6-7,13-17,19-20H2,1-3H3/t25-,27+,30+,33+/m0/s1. The Kier molecular flexibility index (Phi) is 7.19. The van der Waals surface area contributed by atoms with Crippen molar-refractivity contribution in [1.29, 1.82) is 0 Å². The lowest BCUT2D eigenvalue weighted by Gasteiger charge is -2.53. The van der Waals surface area contributed by atoms with E-state index in [9.17, 15) is 14.4 Å². The van der Waals surface area contributed by atoms with E-state index in [-0.39, 0.29) is 54.7 Å². The van der Waals surface area contributed by atoms with Crippen molar-refractivity contribution in [2.45, 2.75) is 71.1 Å². The van der Waals surface area contributed by atoms with Gasteiger partial charge in [0.1, 0.15) is 5.41 Å². The van der Waals surface area contributed by atoms with Crippen LogP contribution in [-0.4, -0.2) is 60.0 Å². The lowest BCUT2D eigenvalue weighted by Crippen LogP contribution is -2.61. The van der Waals surface area contributed by atoms with Gasteiger partial charge in [-0.05, 0) is 66.4 Å². The number of carbonyl (C=O) groups excluding carboxylic acids is 3. The van der Waals surface area contributed by atoms with E-state index in [1.807, 2.05) is 35.2 Å². The van der Waals surface area contributed by atoms with E-state index in [1.165, 1.54) is 7.11 Å². The van der Waals surface area contributed by atoms with Gasteiger partial charge in [-0.25, -0.2) is 0 Å². The van der Waals surface area contributed by atoms with Gasteiger partial charge in [-0.15, -0.1) is 0 Å². The van der Waals surface area contributed by atoms with Crippen LogP contribution in [0.25, 0.3) is 10.8 Å². The normalized spacial score (nSPS) is 28.6. The summed E-state index contributed by atoms with van der Waals surface area (Å²) >= 11 is 0. The van der Waals surface area contributed by atoms with Crippen LogP contribution in [0.3, 0.4) is 0 Å². The van der Waals surface area contributed by atoms with E-state index in [2.05, 4.69) is 32.0 Å². The van der Waals surface area contributed by atoms with Crippen LogP contribution in [-0.2, 0) is 30.4 Å². The molecule has 3 aliphatic heterocycles. The fourth-order valence-corrected chi connectivity index (χ4v) is 7.12. The zero-order valence-electron chi connectivity index (χ0n) is 23.8. The third kappa shape index (κ3) is 4.62. The fourth-order valence-electron chi connectivity index (χ4n) is 7.12. The highest BCUT2D eigenvalue weighted by Gasteiger charge is 2.64. The van der Waals surface area contributed by atoms with Gasteiger partial charge >= 0.3 is 5.97 Å². The van der Waals surface area contributed by atoms with Gasteiger partial charge in [-0.1, -0.05) is 56.3 Å². The topological polar surface area (TPSA) is 76.2 Å². The number of amides is 2. The molecule has 2 aromatic carbocycles. The number of carbonyl (C=O) groups is 3. The molecule has 0 aromatic heterocycles. The molecule has 0 unspecified atom stereocenters. The van der Waals surface area contributed by atoms with Crippen molar-refractivity contribution in [2.75, 3.05) is 20.2 Å². The van der Waals surface area contributed by atoms with Crippen molar-refractivity contribution in [1.82, 2.24) is 9.80 Å². The number of methoxy groups -OCH3 is 1. The smallest absolute Gasteiger partial charge is 0.320 e. The summed E-state index contributed by atoms with van der Waals surface area (Å²) in [6.45, 7) is 6.00. The van der Waals surface area contributed by atoms with Gasteiger partial charge in [0.05, 0.1) is 25.9 Å². The third-order valence-corrected chi connectivity index (χ3v) is 9.39. The number of hydrogen-bond donors (Lipinski definition) is 0. The first kappa shape index (κ1) is 27.0. The van der Waals surface area contributed by atoms with Crippen LogP contribution in [0, 0.1) is 23.2 Å². The van der Waals surface area contributed by atoms with Gasteiger partial charge in [0, 0.05) is 31.1 Å². The van der Waals surface area contributed by atoms with Gasteiger partial charge in [0.25, 0.3) is 0 Å². The first-order valence-electron chi connectivity index (χ1n) is 14.9. The largest absolute Gasteiger partial charge is 0.468 e. The molecule has 212 valence electrons. The van der Waals surface area contributed by atoms with Gasteiger partial charge < -0.3 is 19.3 Å². The number of fused-ring (bicyclic) bond motifs is 2. The maximum Gasteiger partial charge on any atom is 0.320 e. The Morgan fingerprint density at radius 2 is 1.80 bits per heavy atom. The first-order chi connectivity index (χ1) is 19.3. The minimum absolute atomic E-state index is 0.00633. The predicted molar refractivity (Wildman–Crippen MR) is 152 cm³/mol. The molecular formula is C33H40N2O5. The van der Waals surface area contributed by atoms with Crippen molar-refractivity contribution in [3.63, 3.8) is 0 Å². The number of rotatable bonds is 7. The summed E-state index contributed by atoms with van der Waals surface area (Å²) in [4.78, 5) is 45.4. The SMILES string of the molecule is COC(=O)[C@]12C[C@H](CC(=O)N3CCCC3)C(=O)N(Cc3cccc4ccccc34)C1=C[C@H](C(C)C)O[C@@H]2C1CC1. The molecule has 1 saturated carbocycles. The molecule has 2 aromatic rings. The second-order valence-corrected chi connectivity index (χ2v) is 12.4. The van der Waals surface area contributed by atoms with Crippen molar-refractivity contribution >= 4 is 28.6 Å². The van der Waals surface area contributed by atoms with E-state index in [4.69, 9.17) is 9.47 Å². The van der Waals surface area contributed by atoms with Gasteiger partial charge in [-0.3, -0.25) is 14.4 Å². The Balaban J connectivity index is 1.47. The van der Waals surface area contributed by atoms with Crippen molar-refractivity contribution in [3.8, 4) is 0 Å². The summed E-state index contributed by atoms with van der Waals surface area (Å²) < 4.78 is 12.2. The lowest BCUT2D eigenvalue weighted by molar-refractivity contribution is -0.182. The molecule has 1 aliphatic carbocycles. The van der Waals surface area contributed by atoms with Crippen molar-refractivity contribution < 1.29 is 23.9 Å². The van der Waals surface area contributed by atoms with Crippen LogP contribution in [0.5, 0.6) is 0 Å². The molecule has 4 aliphatic rings. The average Bonchev–Trinajstić information content (AvgIpc) is 3.66. The van der Waals surface area contributed by atoms with E-state index in [0.717, 1.165) is 55.1 Å². The zero-order valence-corrected chi connectivity index (χ0v) is 23.8. The van der Waals surface area contributed by atoms with Crippen LogP contribution < -0.4 is 0 Å². The molecule has 7 nitrogen and oxygen atoms in total. The molecule has 0 radical (unpaired) electrons. The van der Waals surface area contributed by atoms with Gasteiger partial charge in [-0.2, -0.15) is 0 Å². The number of nitrogens with zero attached hydrogens (tertiary/aromatic N) is 2. The highest BCUT2D eigenvalue weighted by molar-refractivity contribution is 5.93. The molecule has 2 saturated heterocycles. The molecule has 4 atom stereocenters. The Hall–Kier alpha value is -3.19. The van der Waals surface area contributed by atoms with Crippen LogP contribution in [0.4, 0.5) is 0 Å². The summed E-state index contributed by atoms with van der Waals surface area (Å²) in [5, 5.41) is 2.17. The molecule has 0 spiro atoms. The lowest BCUT2D eigenvalue weighted by atomic mass is 9.64. The van der Waals surface area contributed by atoms with Crippen molar-refractivity contribution in [2.24, 2.45) is 23.2 Å². The molecular weight excluding hydrogens is 504 g/mol. The number of likely N-dealkylation sites (tertiary alicyclic amines) is 2. The number of hydrogen-bond acceptors (Lipinski definition) is 5. The summed E-state index contributed by atoms with van der Waals surface area (Å²) in [5.41, 5.74) is 0.577. The zero-order chi connectivity index (χ0) is 28.0. The monoisotopic (exact) mass is 544 g/mol. The summed E-state index contributed by atoms with van der Waals surface area (Å²) in [5.74, 6) is -0.690. The minimum Gasteiger partial charge on any atom is -0.468 e. The number of esters is 1. The maximum atomic E-state index is 14.4. The van der Waals surface area contributed by atoms with E-state index in [1.54, 1.807) is 4.90 Å². The predicted octanol–water partition coefficient (Wildman–Crippen LogP) is 5.08. The van der Waals surface area contributed by atoms with Crippen LogP contribution in [0.15, 0.2) is 54.2 Å². The average molecular weight is 545 g/mol. The molecule has 6 rings (SSSR count). The van der Waals surface area contributed by atoms with Gasteiger partial charge in [0.15, 0.2) is 0 Å². The van der Waals surface area contributed by atoms with Crippen molar-refractivity contribution in [3.05, 3.63) is 59.8 Å². The second kappa shape index (κ2) is 10.7. The summed E-state index contributed by atoms with van der Waals surface area (Å²) in [6.07, 6.45) is 5.68. The third-order valence-electron chi connectivity index (χ3n) is 9.39. The van der Waals surface area contributed by atoms with Crippen LogP contribution in [0.1, 0.15) is 57.9 Å². The number of piperidine rings is 1. The van der Waals surface area contributed by atoms with Gasteiger partial charge in [0.2, 0.25) is 11.8 Å². The first-order valence-corrected chi connectivity index (χ1v) is 14.9. The second-order valence-electron chi connectivity index (χ2n) is 12.4. The Labute approximate surface area is 236 Å². The molecule has 0 N–H and O–H groups in total. The Morgan fingerprint density at radius 3 is 2.50 bits per heavy atom. The highest BCUT2D eigenvalue weighted by atomic mass is 16.5. The summed E-state index contributed by atoms with van der Waals surface area (Å²) in [7, 11) is 1.42. The molecule has 0 bridgehead atoms. The Bertz CT molecular complexity index is 1340. The van der Waals surface area contributed by atoms with Crippen LogP contribution >= 0.6 is 0 Å². The molecule has 40 heavy (non-hydrogen) atoms. The molecule has 3 heterocycles. The van der Waals surface area contributed by atoms with E-state index in [0.29, 0.717) is 12.2 Å². The summed E-state index contributed by atoms with van der Waals surface area (Å²) in [6, 6.07) is 14.3. The number of ether oxygens (including phenoxy) is 2. The molecule has 7 heteroatoms. The van der Waals surface area contributed by atoms with Crippen LogP contribution in [0.2, 0.25) is 0 Å². The fraction of sp³-hybridized carbons (Fsp3) is 0.545. The minimum atomic E-state index is -1.13. The molecule has 3 fully saturated rings. The maximum absolute atomic E-state index is 14.4. The Morgan fingerprint density at radius 1 is 1.07 bits per heavy atom. The molecule has 2 amide bonds. The van der Waals surface area contributed by atoms with E-state index >= 15 is 0 Å². The quantitative estimate of drug-likeness (QED) is 0.455. The van der Waals surface area contributed by atoms with E-state index < -0.39 is 11.3 Å².